The first-order valence-electron chi connectivity index (χ1n) is 12.9. The van der Waals surface area contributed by atoms with Crippen LogP contribution in [0.25, 0.3) is 6.08 Å². The van der Waals surface area contributed by atoms with Gasteiger partial charge in [-0.1, -0.05) is 52.3 Å². The van der Waals surface area contributed by atoms with Gasteiger partial charge in [0.05, 0.1) is 30.4 Å². The van der Waals surface area contributed by atoms with E-state index in [2.05, 4.69) is 21.2 Å². The number of nitrogens with one attached hydrogen (secondary N) is 1. The van der Waals surface area contributed by atoms with Crippen LogP contribution < -0.4 is 14.8 Å². The molecule has 0 aromatic heterocycles. The average molecular weight is 625 g/mol. The van der Waals surface area contributed by atoms with E-state index in [1.54, 1.807) is 35.2 Å². The maximum Gasteiger partial charge on any atom is 0.266 e. The highest BCUT2D eigenvalue weighted by atomic mass is 79.9. The van der Waals surface area contributed by atoms with Gasteiger partial charge in [0.25, 0.3) is 11.8 Å². The number of hydrogen-bond acceptors (Lipinski definition) is 7. The van der Waals surface area contributed by atoms with Crippen LogP contribution in [-0.2, 0) is 14.3 Å². The lowest BCUT2D eigenvalue weighted by molar-refractivity contribution is -0.122. The van der Waals surface area contributed by atoms with Crippen LogP contribution in [0.3, 0.4) is 0 Å². The molecule has 0 bridgehead atoms. The molecule has 0 atom stereocenters. The summed E-state index contributed by atoms with van der Waals surface area (Å²) in [7, 11) is 0. The van der Waals surface area contributed by atoms with Crippen molar-refractivity contribution in [3.8, 4) is 11.5 Å². The summed E-state index contributed by atoms with van der Waals surface area (Å²) >= 11 is 4.90. The minimum atomic E-state index is -0.290. The lowest BCUT2D eigenvalue weighted by Gasteiger charge is -2.15. The summed E-state index contributed by atoms with van der Waals surface area (Å²) in [5.74, 6) is 0.435. The van der Waals surface area contributed by atoms with E-state index < -0.39 is 0 Å². The number of amides is 2. The summed E-state index contributed by atoms with van der Waals surface area (Å²) in [6.45, 7) is 5.37. The number of hydrogen-bond donors (Lipinski definition) is 1. The minimum absolute atomic E-state index is 0.151. The Kier molecular flexibility index (Phi) is 10.8. The molecule has 3 aromatic rings. The molecule has 208 valence electrons. The highest BCUT2D eigenvalue weighted by Gasteiger charge is 2.33. The van der Waals surface area contributed by atoms with Crippen LogP contribution in [0, 0.1) is 0 Å². The van der Waals surface area contributed by atoms with Gasteiger partial charge in [-0.15, -0.1) is 0 Å². The quantitative estimate of drug-likeness (QED) is 0.183. The second kappa shape index (κ2) is 14.7. The second-order valence-electron chi connectivity index (χ2n) is 8.45. The lowest BCUT2D eigenvalue weighted by atomic mass is 10.1. The van der Waals surface area contributed by atoms with Gasteiger partial charge in [-0.25, -0.2) is 4.99 Å². The van der Waals surface area contributed by atoms with E-state index >= 15 is 0 Å². The van der Waals surface area contributed by atoms with Crippen molar-refractivity contribution in [2.24, 2.45) is 4.99 Å². The molecule has 0 aliphatic carbocycles. The number of halogens is 1. The molecule has 4 rings (SSSR count). The standard InChI is InChI=1S/C30H30BrN3O5S/c1-3-37-16-15-34-29(36)27(40-30(34)33-23-13-9-6-10-14-23)18-21-17-25(38-4-2)26(19-24(21)31)39-20-28(35)32-22-11-7-5-8-12-22/h5-14,17-19H,3-4,15-16,20H2,1-2H3,(H,32,35)/b27-18-,33-30?. The van der Waals surface area contributed by atoms with E-state index in [9.17, 15) is 9.59 Å². The predicted octanol–water partition coefficient (Wildman–Crippen LogP) is 6.51. The van der Waals surface area contributed by atoms with Gasteiger partial charge in [0.15, 0.2) is 23.3 Å². The zero-order chi connectivity index (χ0) is 28.3. The van der Waals surface area contributed by atoms with E-state index in [1.807, 2.05) is 62.4 Å². The Bertz CT molecular complexity index is 1380. The zero-order valence-electron chi connectivity index (χ0n) is 22.3. The number of nitrogens with zero attached hydrogens (tertiary/aromatic N) is 2. The smallest absolute Gasteiger partial charge is 0.266 e. The summed E-state index contributed by atoms with van der Waals surface area (Å²) in [6, 6.07) is 22.2. The molecule has 0 unspecified atom stereocenters. The molecular weight excluding hydrogens is 594 g/mol. The molecule has 1 fully saturated rings. The monoisotopic (exact) mass is 623 g/mol. The molecule has 0 spiro atoms. The molecule has 1 aliphatic heterocycles. The van der Waals surface area contributed by atoms with Gasteiger partial charge < -0.3 is 19.5 Å². The fourth-order valence-corrected chi connectivity index (χ4v) is 5.20. The molecule has 0 saturated carbocycles. The molecular formula is C30H30BrN3O5S. The SMILES string of the molecule is CCOCCN1C(=O)/C(=C/c2cc(OCC)c(OCC(=O)Nc3ccccc3)cc2Br)SC1=Nc1ccccc1. The van der Waals surface area contributed by atoms with Gasteiger partial charge in [0.2, 0.25) is 0 Å². The Hall–Kier alpha value is -3.60. The molecule has 10 heteroatoms. The fraction of sp³-hybridized carbons (Fsp3) is 0.233. The largest absolute Gasteiger partial charge is 0.490 e. The molecule has 1 heterocycles. The second-order valence-corrected chi connectivity index (χ2v) is 10.3. The van der Waals surface area contributed by atoms with Gasteiger partial charge >= 0.3 is 0 Å². The van der Waals surface area contributed by atoms with Crippen molar-refractivity contribution in [2.45, 2.75) is 13.8 Å². The molecule has 0 radical (unpaired) electrons. The van der Waals surface area contributed by atoms with Crippen LogP contribution in [-0.4, -0.2) is 54.9 Å². The number of benzene rings is 3. The maximum absolute atomic E-state index is 13.4. The van der Waals surface area contributed by atoms with E-state index in [0.717, 1.165) is 11.3 Å². The topological polar surface area (TPSA) is 89.5 Å². The normalized spacial score (nSPS) is 15.1. The third-order valence-corrected chi connectivity index (χ3v) is 7.29. The number of aliphatic imine (C=N–C) groups is 1. The van der Waals surface area contributed by atoms with Crippen molar-refractivity contribution in [3.63, 3.8) is 0 Å². The van der Waals surface area contributed by atoms with E-state index in [1.165, 1.54) is 11.8 Å². The van der Waals surface area contributed by atoms with Crippen molar-refractivity contribution in [1.29, 1.82) is 0 Å². The highest BCUT2D eigenvalue weighted by Crippen LogP contribution is 2.39. The summed E-state index contributed by atoms with van der Waals surface area (Å²) in [6.07, 6.45) is 1.80. The van der Waals surface area contributed by atoms with Crippen LogP contribution in [0.5, 0.6) is 11.5 Å². The average Bonchev–Trinajstić information content (AvgIpc) is 3.24. The third-order valence-electron chi connectivity index (χ3n) is 5.60. The molecule has 40 heavy (non-hydrogen) atoms. The van der Waals surface area contributed by atoms with Crippen LogP contribution in [0.15, 0.2) is 87.2 Å². The number of thioether (sulfide) groups is 1. The van der Waals surface area contributed by atoms with Gasteiger partial charge in [-0.05, 0) is 73.6 Å². The molecule has 1 saturated heterocycles. The Morgan fingerprint density at radius 2 is 1.70 bits per heavy atom. The highest BCUT2D eigenvalue weighted by molar-refractivity contribution is 9.10. The van der Waals surface area contributed by atoms with Gasteiger partial charge in [0.1, 0.15) is 0 Å². The number of rotatable bonds is 12. The van der Waals surface area contributed by atoms with Crippen molar-refractivity contribution in [2.75, 3.05) is 38.3 Å². The lowest BCUT2D eigenvalue weighted by Crippen LogP contribution is -2.32. The van der Waals surface area contributed by atoms with Crippen LogP contribution in [0.2, 0.25) is 0 Å². The zero-order valence-corrected chi connectivity index (χ0v) is 24.7. The molecule has 1 N–H and O–H groups in total. The molecule has 8 nitrogen and oxygen atoms in total. The van der Waals surface area contributed by atoms with E-state index in [0.29, 0.717) is 58.1 Å². The molecule has 3 aromatic carbocycles. The first-order chi connectivity index (χ1) is 19.5. The first kappa shape index (κ1) is 29.4. The summed E-state index contributed by atoms with van der Waals surface area (Å²) in [5.41, 5.74) is 2.18. The number of anilines is 1. The maximum atomic E-state index is 13.4. The first-order valence-corrected chi connectivity index (χ1v) is 14.5. The Morgan fingerprint density at radius 1 is 1.00 bits per heavy atom. The Labute approximate surface area is 246 Å². The minimum Gasteiger partial charge on any atom is -0.490 e. The van der Waals surface area contributed by atoms with Crippen LogP contribution in [0.4, 0.5) is 11.4 Å². The predicted molar refractivity (Wildman–Crippen MR) is 163 cm³/mol. The Morgan fingerprint density at radius 3 is 2.40 bits per heavy atom. The van der Waals surface area contributed by atoms with E-state index in [-0.39, 0.29) is 18.4 Å². The van der Waals surface area contributed by atoms with Gasteiger partial charge in [0, 0.05) is 16.8 Å². The van der Waals surface area contributed by atoms with Gasteiger partial charge in [-0.2, -0.15) is 0 Å². The van der Waals surface area contributed by atoms with Crippen molar-refractivity contribution in [1.82, 2.24) is 4.90 Å². The number of carbonyl (C=O) groups excluding carboxylic acids is 2. The van der Waals surface area contributed by atoms with Crippen molar-refractivity contribution in [3.05, 3.63) is 87.7 Å². The fourth-order valence-electron chi connectivity index (χ4n) is 3.75. The van der Waals surface area contributed by atoms with Gasteiger partial charge in [-0.3, -0.25) is 14.5 Å². The summed E-state index contributed by atoms with van der Waals surface area (Å²) in [4.78, 5) is 32.7. The number of carbonyl (C=O) groups is 2. The number of para-hydroxylation sites is 2. The number of ether oxygens (including phenoxy) is 3. The Balaban J connectivity index is 1.55. The van der Waals surface area contributed by atoms with Crippen LogP contribution >= 0.6 is 27.7 Å². The molecule has 1 aliphatic rings. The van der Waals surface area contributed by atoms with Crippen LogP contribution in [0.1, 0.15) is 19.4 Å². The van der Waals surface area contributed by atoms with E-state index in [4.69, 9.17) is 19.2 Å². The van der Waals surface area contributed by atoms with Crippen molar-refractivity contribution >= 4 is 62.1 Å². The van der Waals surface area contributed by atoms with Crippen molar-refractivity contribution < 1.29 is 23.8 Å². The molecule has 2 amide bonds. The third kappa shape index (κ3) is 7.97. The number of amidine groups is 1. The summed E-state index contributed by atoms with van der Waals surface area (Å²) in [5, 5.41) is 3.39. The summed E-state index contributed by atoms with van der Waals surface area (Å²) < 4.78 is 17.8.